The largest absolute Gasteiger partial charge is 0.398 e. The van der Waals surface area contributed by atoms with Gasteiger partial charge in [0.1, 0.15) is 0 Å². The van der Waals surface area contributed by atoms with Gasteiger partial charge in [0.25, 0.3) is 5.91 Å². The fourth-order valence-corrected chi connectivity index (χ4v) is 4.13. The summed E-state index contributed by atoms with van der Waals surface area (Å²) in [5.74, 6) is 2.61. The molecule has 0 radical (unpaired) electrons. The van der Waals surface area contributed by atoms with Crippen LogP contribution in [0.1, 0.15) is 41.6 Å². The lowest BCUT2D eigenvalue weighted by Gasteiger charge is -2.27. The molecule has 2 bridgehead atoms. The number of hydrogen-bond donors (Lipinski definition) is 1. The first kappa shape index (κ1) is 13.5. The van der Waals surface area contributed by atoms with Gasteiger partial charge in [-0.25, -0.2) is 0 Å². The first-order valence-corrected chi connectivity index (χ1v) is 7.66. The molecule has 0 spiro atoms. The van der Waals surface area contributed by atoms with Gasteiger partial charge in [0, 0.05) is 24.8 Å². The molecule has 2 aliphatic carbocycles. The number of amides is 1. The average molecular weight is 272 g/mol. The summed E-state index contributed by atoms with van der Waals surface area (Å²) < 4.78 is 0. The van der Waals surface area contributed by atoms with Crippen LogP contribution in [-0.2, 0) is 0 Å². The monoisotopic (exact) mass is 272 g/mol. The highest BCUT2D eigenvalue weighted by Crippen LogP contribution is 2.48. The standard InChI is InChI=1S/C17H24N2O/c1-11-15(4-3-5-16(11)18)17(20)19(2)10-14-9-12-6-7-13(14)8-12/h3-5,12-14H,6-10,18H2,1-2H3. The van der Waals surface area contributed by atoms with E-state index in [1.165, 1.54) is 25.7 Å². The predicted octanol–water partition coefficient (Wildman–Crippen LogP) is 3.09. The van der Waals surface area contributed by atoms with E-state index in [0.29, 0.717) is 11.6 Å². The SMILES string of the molecule is Cc1c(N)cccc1C(=O)N(C)CC1CC2CCC1C2. The molecule has 1 amide bonds. The quantitative estimate of drug-likeness (QED) is 0.859. The molecule has 2 saturated carbocycles. The zero-order valence-corrected chi connectivity index (χ0v) is 12.4. The zero-order valence-electron chi connectivity index (χ0n) is 12.4. The highest BCUT2D eigenvalue weighted by Gasteiger charge is 2.40. The van der Waals surface area contributed by atoms with E-state index in [9.17, 15) is 4.79 Å². The number of nitrogens with two attached hydrogens (primary N) is 1. The van der Waals surface area contributed by atoms with Crippen LogP contribution >= 0.6 is 0 Å². The number of rotatable bonds is 3. The molecule has 2 N–H and O–H groups in total. The molecule has 0 heterocycles. The number of anilines is 1. The molecule has 0 saturated heterocycles. The molecular formula is C17H24N2O. The second-order valence-electron chi connectivity index (χ2n) is 6.64. The number of nitrogen functional groups attached to an aromatic ring is 1. The van der Waals surface area contributed by atoms with E-state index in [1.54, 1.807) is 0 Å². The molecule has 20 heavy (non-hydrogen) atoms. The van der Waals surface area contributed by atoms with E-state index in [1.807, 2.05) is 37.1 Å². The molecule has 3 rings (SSSR count). The van der Waals surface area contributed by atoms with Gasteiger partial charge in [-0.05, 0) is 61.6 Å². The summed E-state index contributed by atoms with van der Waals surface area (Å²) in [6.07, 6.45) is 5.49. The van der Waals surface area contributed by atoms with Gasteiger partial charge in [-0.15, -0.1) is 0 Å². The molecular weight excluding hydrogens is 248 g/mol. The van der Waals surface area contributed by atoms with Crippen molar-refractivity contribution < 1.29 is 4.79 Å². The normalized spacial score (nSPS) is 27.8. The maximum atomic E-state index is 12.6. The number of carbonyl (C=O) groups is 1. The van der Waals surface area contributed by atoms with Crippen LogP contribution in [0.5, 0.6) is 0 Å². The minimum Gasteiger partial charge on any atom is -0.398 e. The predicted molar refractivity (Wildman–Crippen MR) is 81.5 cm³/mol. The molecule has 3 atom stereocenters. The second kappa shape index (κ2) is 5.12. The number of fused-ring (bicyclic) bond motifs is 2. The Bertz CT molecular complexity index is 526. The summed E-state index contributed by atoms with van der Waals surface area (Å²) in [5, 5.41) is 0. The maximum Gasteiger partial charge on any atom is 0.253 e. The molecule has 108 valence electrons. The Labute approximate surface area is 121 Å². The summed E-state index contributed by atoms with van der Waals surface area (Å²) in [6.45, 7) is 2.82. The molecule has 0 aliphatic heterocycles. The van der Waals surface area contributed by atoms with Gasteiger partial charge in [0.05, 0.1) is 0 Å². The van der Waals surface area contributed by atoms with Gasteiger partial charge >= 0.3 is 0 Å². The van der Waals surface area contributed by atoms with Gasteiger partial charge in [-0.2, -0.15) is 0 Å². The van der Waals surface area contributed by atoms with E-state index < -0.39 is 0 Å². The van der Waals surface area contributed by atoms with Crippen molar-refractivity contribution in [2.75, 3.05) is 19.3 Å². The Morgan fingerprint density at radius 1 is 1.35 bits per heavy atom. The summed E-state index contributed by atoms with van der Waals surface area (Å²) in [7, 11) is 1.93. The first-order chi connectivity index (χ1) is 9.56. The number of hydrogen-bond acceptors (Lipinski definition) is 2. The Morgan fingerprint density at radius 2 is 2.15 bits per heavy atom. The minimum atomic E-state index is 0.109. The van der Waals surface area contributed by atoms with Crippen molar-refractivity contribution in [2.24, 2.45) is 17.8 Å². The molecule has 3 heteroatoms. The van der Waals surface area contributed by atoms with E-state index in [2.05, 4.69) is 0 Å². The topological polar surface area (TPSA) is 46.3 Å². The molecule has 2 aliphatic rings. The van der Waals surface area contributed by atoms with Gasteiger partial charge < -0.3 is 10.6 Å². The molecule has 1 aromatic rings. The van der Waals surface area contributed by atoms with Gasteiger partial charge in [0.2, 0.25) is 0 Å². The third kappa shape index (κ3) is 2.30. The summed E-state index contributed by atoms with van der Waals surface area (Å²) in [6, 6.07) is 5.59. The highest BCUT2D eigenvalue weighted by atomic mass is 16.2. The average Bonchev–Trinajstić information content (AvgIpc) is 3.03. The van der Waals surface area contributed by atoms with Crippen molar-refractivity contribution in [2.45, 2.75) is 32.6 Å². The van der Waals surface area contributed by atoms with E-state index in [-0.39, 0.29) is 5.91 Å². The van der Waals surface area contributed by atoms with Crippen molar-refractivity contribution in [1.82, 2.24) is 4.90 Å². The second-order valence-corrected chi connectivity index (χ2v) is 6.64. The van der Waals surface area contributed by atoms with E-state index in [4.69, 9.17) is 5.73 Å². The highest BCUT2D eigenvalue weighted by molar-refractivity contribution is 5.96. The summed E-state index contributed by atoms with van der Waals surface area (Å²) >= 11 is 0. The van der Waals surface area contributed by atoms with Crippen molar-refractivity contribution in [3.8, 4) is 0 Å². The fraction of sp³-hybridized carbons (Fsp3) is 0.588. The summed E-state index contributed by atoms with van der Waals surface area (Å²) in [4.78, 5) is 14.5. The van der Waals surface area contributed by atoms with Crippen molar-refractivity contribution in [1.29, 1.82) is 0 Å². The van der Waals surface area contributed by atoms with Crippen LogP contribution in [0.3, 0.4) is 0 Å². The number of benzene rings is 1. The molecule has 0 aromatic heterocycles. The van der Waals surface area contributed by atoms with E-state index in [0.717, 1.165) is 29.5 Å². The summed E-state index contributed by atoms with van der Waals surface area (Å²) in [5.41, 5.74) is 8.25. The van der Waals surface area contributed by atoms with Crippen LogP contribution < -0.4 is 5.73 Å². The van der Waals surface area contributed by atoms with Crippen LogP contribution in [0, 0.1) is 24.7 Å². The zero-order chi connectivity index (χ0) is 14.3. The van der Waals surface area contributed by atoms with Crippen LogP contribution in [0.2, 0.25) is 0 Å². The van der Waals surface area contributed by atoms with Crippen molar-refractivity contribution >= 4 is 11.6 Å². The molecule has 1 aromatic carbocycles. The van der Waals surface area contributed by atoms with Crippen LogP contribution in [0.25, 0.3) is 0 Å². The van der Waals surface area contributed by atoms with E-state index >= 15 is 0 Å². The van der Waals surface area contributed by atoms with Crippen LogP contribution in [0.15, 0.2) is 18.2 Å². The number of nitrogens with zero attached hydrogens (tertiary/aromatic N) is 1. The van der Waals surface area contributed by atoms with Crippen LogP contribution in [0.4, 0.5) is 5.69 Å². The third-order valence-electron chi connectivity index (χ3n) is 5.35. The lowest BCUT2D eigenvalue weighted by atomic mass is 9.88. The van der Waals surface area contributed by atoms with Gasteiger partial charge in [-0.1, -0.05) is 12.5 Å². The number of carbonyl (C=O) groups excluding carboxylic acids is 1. The van der Waals surface area contributed by atoms with Gasteiger partial charge in [-0.3, -0.25) is 4.79 Å². The maximum absolute atomic E-state index is 12.6. The smallest absolute Gasteiger partial charge is 0.253 e. The third-order valence-corrected chi connectivity index (χ3v) is 5.35. The fourth-order valence-electron chi connectivity index (χ4n) is 4.13. The van der Waals surface area contributed by atoms with Crippen molar-refractivity contribution in [3.63, 3.8) is 0 Å². The Hall–Kier alpha value is -1.51. The molecule has 2 fully saturated rings. The first-order valence-electron chi connectivity index (χ1n) is 7.66. The minimum absolute atomic E-state index is 0.109. The lowest BCUT2D eigenvalue weighted by molar-refractivity contribution is 0.0753. The molecule has 3 nitrogen and oxygen atoms in total. The van der Waals surface area contributed by atoms with Crippen LogP contribution in [-0.4, -0.2) is 24.4 Å². The van der Waals surface area contributed by atoms with Gasteiger partial charge in [0.15, 0.2) is 0 Å². The Kier molecular flexibility index (Phi) is 3.45. The van der Waals surface area contributed by atoms with Crippen molar-refractivity contribution in [3.05, 3.63) is 29.3 Å². The molecule has 3 unspecified atom stereocenters. The Balaban J connectivity index is 1.69. The Morgan fingerprint density at radius 3 is 2.80 bits per heavy atom. The lowest BCUT2D eigenvalue weighted by Crippen LogP contribution is -2.34.